The van der Waals surface area contributed by atoms with Gasteiger partial charge in [0.1, 0.15) is 6.17 Å². The Hall–Kier alpha value is -2.97. The Morgan fingerprint density at radius 3 is 2.61 bits per heavy atom. The predicted molar refractivity (Wildman–Crippen MR) is 79.6 cm³/mol. The van der Waals surface area contributed by atoms with Crippen LogP contribution in [0.4, 0.5) is 10.5 Å². The average Bonchev–Trinajstić information content (AvgIpc) is 2.50. The number of nitrogens with zero attached hydrogens (tertiary/aromatic N) is 3. The van der Waals surface area contributed by atoms with E-state index in [1.165, 1.54) is 44.1 Å². The van der Waals surface area contributed by atoms with Gasteiger partial charge in [-0.25, -0.2) is 4.79 Å². The molecule has 4 amide bonds. The van der Waals surface area contributed by atoms with Gasteiger partial charge in [0.25, 0.3) is 11.6 Å². The summed E-state index contributed by atoms with van der Waals surface area (Å²) in [7, 11) is 2.83. The number of urea groups is 1. The van der Waals surface area contributed by atoms with Crippen LogP contribution in [0.3, 0.4) is 0 Å². The zero-order chi connectivity index (χ0) is 17.3. The average molecular weight is 320 g/mol. The van der Waals surface area contributed by atoms with Crippen molar-refractivity contribution < 1.29 is 19.3 Å². The third-order valence-electron chi connectivity index (χ3n) is 3.84. The molecule has 0 spiro atoms. The Labute approximate surface area is 132 Å². The first-order valence-electron chi connectivity index (χ1n) is 6.82. The fourth-order valence-electron chi connectivity index (χ4n) is 2.36. The summed E-state index contributed by atoms with van der Waals surface area (Å²) in [6.07, 6.45) is -0.851. The minimum absolute atomic E-state index is 0.0571. The maximum Gasteiger partial charge on any atom is 0.327 e. The number of benzene rings is 1. The molecular weight excluding hydrogens is 304 g/mol. The van der Waals surface area contributed by atoms with Crippen molar-refractivity contribution in [2.24, 2.45) is 0 Å². The number of rotatable bonds is 3. The maximum atomic E-state index is 12.4. The van der Waals surface area contributed by atoms with Crippen molar-refractivity contribution in [1.82, 2.24) is 15.1 Å². The molecule has 122 valence electrons. The van der Waals surface area contributed by atoms with Crippen LogP contribution in [0.15, 0.2) is 18.2 Å². The summed E-state index contributed by atoms with van der Waals surface area (Å²) in [6, 6.07) is 3.65. The Morgan fingerprint density at radius 1 is 1.35 bits per heavy atom. The molecule has 1 atom stereocenters. The van der Waals surface area contributed by atoms with E-state index in [0.29, 0.717) is 0 Å². The van der Waals surface area contributed by atoms with Gasteiger partial charge in [0, 0.05) is 31.3 Å². The molecule has 9 heteroatoms. The van der Waals surface area contributed by atoms with E-state index in [-0.39, 0.29) is 23.2 Å². The number of imide groups is 1. The molecule has 1 unspecified atom stereocenters. The molecule has 1 aromatic carbocycles. The molecule has 0 aliphatic carbocycles. The molecule has 2 rings (SSSR count). The lowest BCUT2D eigenvalue weighted by molar-refractivity contribution is -0.385. The molecule has 0 aromatic heterocycles. The van der Waals surface area contributed by atoms with E-state index < -0.39 is 28.9 Å². The van der Waals surface area contributed by atoms with Gasteiger partial charge in [-0.05, 0) is 13.0 Å². The molecule has 1 N–H and O–H groups in total. The van der Waals surface area contributed by atoms with E-state index >= 15 is 0 Å². The van der Waals surface area contributed by atoms with Gasteiger partial charge in [0.2, 0.25) is 5.91 Å². The largest absolute Gasteiger partial charge is 0.331 e. The molecule has 1 aliphatic heterocycles. The van der Waals surface area contributed by atoms with E-state index in [1.807, 2.05) is 0 Å². The molecule has 0 saturated carbocycles. The van der Waals surface area contributed by atoms with Crippen LogP contribution in [0, 0.1) is 17.0 Å². The lowest BCUT2D eigenvalue weighted by atomic mass is 10.1. The van der Waals surface area contributed by atoms with Crippen molar-refractivity contribution in [3.05, 3.63) is 39.4 Å². The van der Waals surface area contributed by atoms with Crippen LogP contribution < -0.4 is 5.32 Å². The van der Waals surface area contributed by atoms with Crippen molar-refractivity contribution in [3.63, 3.8) is 0 Å². The van der Waals surface area contributed by atoms with Gasteiger partial charge in [-0.1, -0.05) is 6.07 Å². The third kappa shape index (κ3) is 2.98. The Kier molecular flexibility index (Phi) is 4.30. The number of hydrogen-bond donors (Lipinski definition) is 1. The minimum Gasteiger partial charge on any atom is -0.331 e. The minimum atomic E-state index is -0.794. The first-order chi connectivity index (χ1) is 10.7. The highest BCUT2D eigenvalue weighted by Gasteiger charge is 2.35. The fraction of sp³-hybridized carbons (Fsp3) is 0.357. The van der Waals surface area contributed by atoms with Gasteiger partial charge in [-0.3, -0.25) is 24.6 Å². The zero-order valence-corrected chi connectivity index (χ0v) is 12.9. The molecule has 9 nitrogen and oxygen atoms in total. The highest BCUT2D eigenvalue weighted by Crippen LogP contribution is 2.21. The summed E-state index contributed by atoms with van der Waals surface area (Å²) in [6.45, 7) is 1.47. The van der Waals surface area contributed by atoms with Gasteiger partial charge < -0.3 is 10.2 Å². The molecule has 1 aliphatic rings. The second kappa shape index (κ2) is 6.03. The third-order valence-corrected chi connectivity index (χ3v) is 3.84. The van der Waals surface area contributed by atoms with Gasteiger partial charge in [0.05, 0.1) is 11.3 Å². The number of nitrogens with one attached hydrogen (secondary N) is 1. The van der Waals surface area contributed by atoms with Crippen molar-refractivity contribution in [1.29, 1.82) is 0 Å². The predicted octanol–water partition coefficient (Wildman–Crippen LogP) is 0.873. The van der Waals surface area contributed by atoms with Gasteiger partial charge >= 0.3 is 6.03 Å². The summed E-state index contributed by atoms with van der Waals surface area (Å²) >= 11 is 0. The SMILES string of the molecule is Cc1c(C(=O)NC2CC(=O)N(C)C(=O)N2C)cccc1[N+](=O)[O-]. The van der Waals surface area contributed by atoms with Crippen LogP contribution in [0.5, 0.6) is 0 Å². The van der Waals surface area contributed by atoms with Gasteiger partial charge in [-0.2, -0.15) is 0 Å². The molecular formula is C14H16N4O5. The van der Waals surface area contributed by atoms with Gasteiger partial charge in [0.15, 0.2) is 0 Å². The number of nitro groups is 1. The van der Waals surface area contributed by atoms with Crippen LogP contribution in [0.25, 0.3) is 0 Å². The molecule has 0 radical (unpaired) electrons. The summed E-state index contributed by atoms with van der Waals surface area (Å²) in [5.74, 6) is -0.984. The monoisotopic (exact) mass is 320 g/mol. The Morgan fingerprint density at radius 2 is 2.00 bits per heavy atom. The van der Waals surface area contributed by atoms with Crippen LogP contribution >= 0.6 is 0 Å². The highest BCUT2D eigenvalue weighted by atomic mass is 16.6. The summed E-state index contributed by atoms with van der Waals surface area (Å²) in [4.78, 5) is 48.5. The summed E-state index contributed by atoms with van der Waals surface area (Å²) in [5.41, 5.74) is 0.191. The van der Waals surface area contributed by atoms with E-state index in [4.69, 9.17) is 0 Å². The lowest BCUT2D eigenvalue weighted by Gasteiger charge is -2.36. The highest BCUT2D eigenvalue weighted by molar-refractivity contribution is 6.00. The Bertz CT molecular complexity index is 702. The standard InChI is InChI=1S/C14H16N4O5/c1-8-9(5-4-6-10(8)18(22)23)13(20)15-11-7-12(19)17(3)14(21)16(11)2/h4-6,11H,7H2,1-3H3,(H,15,20). The molecule has 1 heterocycles. The number of carbonyl (C=O) groups is 3. The quantitative estimate of drug-likeness (QED) is 0.656. The van der Waals surface area contributed by atoms with Crippen LogP contribution in [0.2, 0.25) is 0 Å². The van der Waals surface area contributed by atoms with Crippen molar-refractivity contribution in [2.45, 2.75) is 19.5 Å². The van der Waals surface area contributed by atoms with E-state index in [0.717, 1.165) is 4.90 Å². The van der Waals surface area contributed by atoms with E-state index in [9.17, 15) is 24.5 Å². The van der Waals surface area contributed by atoms with Crippen molar-refractivity contribution >= 4 is 23.5 Å². The first-order valence-corrected chi connectivity index (χ1v) is 6.82. The lowest BCUT2D eigenvalue weighted by Crippen LogP contribution is -2.59. The zero-order valence-electron chi connectivity index (χ0n) is 12.9. The molecule has 1 fully saturated rings. The topological polar surface area (TPSA) is 113 Å². The number of amides is 4. The molecule has 0 bridgehead atoms. The van der Waals surface area contributed by atoms with Crippen LogP contribution in [-0.2, 0) is 4.79 Å². The number of carbonyl (C=O) groups excluding carboxylic acids is 3. The summed E-state index contributed by atoms with van der Waals surface area (Å²) < 4.78 is 0. The van der Waals surface area contributed by atoms with Crippen molar-refractivity contribution in [2.75, 3.05) is 14.1 Å². The molecule has 23 heavy (non-hydrogen) atoms. The molecule has 1 aromatic rings. The second-order valence-corrected chi connectivity index (χ2v) is 5.25. The van der Waals surface area contributed by atoms with Crippen LogP contribution in [-0.4, -0.2) is 52.8 Å². The fourth-order valence-corrected chi connectivity index (χ4v) is 2.36. The number of hydrogen-bond acceptors (Lipinski definition) is 5. The first kappa shape index (κ1) is 16.4. The maximum absolute atomic E-state index is 12.4. The smallest absolute Gasteiger partial charge is 0.327 e. The summed E-state index contributed by atoms with van der Waals surface area (Å²) in [5, 5.41) is 13.5. The Balaban J connectivity index is 2.23. The van der Waals surface area contributed by atoms with Crippen LogP contribution in [0.1, 0.15) is 22.3 Å². The van der Waals surface area contributed by atoms with Crippen molar-refractivity contribution in [3.8, 4) is 0 Å². The molecule has 1 saturated heterocycles. The number of nitro benzene ring substituents is 1. The normalized spacial score (nSPS) is 18.1. The second-order valence-electron chi connectivity index (χ2n) is 5.25. The van der Waals surface area contributed by atoms with E-state index in [1.54, 1.807) is 0 Å². The van der Waals surface area contributed by atoms with E-state index in [2.05, 4.69) is 5.32 Å². The van der Waals surface area contributed by atoms with Gasteiger partial charge in [-0.15, -0.1) is 0 Å².